The number of likely N-dealkylation sites (N-methyl/N-ethyl adjacent to an activating group) is 1. The summed E-state index contributed by atoms with van der Waals surface area (Å²) in [5, 5.41) is 2.98. The second kappa shape index (κ2) is 8.82. The molecule has 2 aliphatic rings. The van der Waals surface area contributed by atoms with Gasteiger partial charge in [0.2, 0.25) is 21.8 Å². The van der Waals surface area contributed by atoms with Gasteiger partial charge in [-0.05, 0) is 30.7 Å². The number of benzene rings is 1. The zero-order valence-electron chi connectivity index (χ0n) is 18.7. The minimum absolute atomic E-state index is 0.112. The predicted molar refractivity (Wildman–Crippen MR) is 110 cm³/mol. The highest BCUT2D eigenvalue weighted by atomic mass is 32.2. The van der Waals surface area contributed by atoms with Crippen LogP contribution >= 0.6 is 0 Å². The highest BCUT2D eigenvalue weighted by Crippen LogP contribution is 2.45. The van der Waals surface area contributed by atoms with Crippen LogP contribution in [0.1, 0.15) is 13.3 Å². The highest BCUT2D eigenvalue weighted by Gasteiger charge is 2.67. The molecule has 0 bridgehead atoms. The molecule has 10 nitrogen and oxygen atoms in total. The Labute approximate surface area is 194 Å². The predicted octanol–water partition coefficient (Wildman–Crippen LogP) is 0.730. The number of halogens is 3. The number of methoxy groups -OCH3 is 1. The van der Waals surface area contributed by atoms with Gasteiger partial charge >= 0.3 is 12.3 Å². The van der Waals surface area contributed by atoms with Crippen LogP contribution in [0.3, 0.4) is 0 Å². The van der Waals surface area contributed by atoms with Crippen LogP contribution in [0.5, 0.6) is 5.75 Å². The summed E-state index contributed by atoms with van der Waals surface area (Å²) in [7, 11) is -0.531. The number of carbonyl (C=O) groups is 3. The summed E-state index contributed by atoms with van der Waals surface area (Å²) in [6.07, 6.45) is -4.81. The third kappa shape index (κ3) is 4.25. The average molecular weight is 507 g/mol. The fraction of sp³-hybridized carbons (Fsp3) is 0.550. The summed E-state index contributed by atoms with van der Waals surface area (Å²) in [4.78, 5) is 38.9. The molecule has 2 amide bonds. The van der Waals surface area contributed by atoms with Gasteiger partial charge in [0.25, 0.3) is 0 Å². The smallest absolute Gasteiger partial charge is 0.468 e. The van der Waals surface area contributed by atoms with E-state index in [1.54, 1.807) is 6.92 Å². The van der Waals surface area contributed by atoms with Gasteiger partial charge in [-0.1, -0.05) is 6.92 Å². The summed E-state index contributed by atoms with van der Waals surface area (Å²) in [6.45, 7) is 1.35. The van der Waals surface area contributed by atoms with Crippen LogP contribution in [0, 0.1) is 11.8 Å². The fourth-order valence-corrected chi connectivity index (χ4v) is 5.83. The number of likely N-dealkylation sites (tertiary alicyclic amines) is 1. The minimum Gasteiger partial charge on any atom is -0.468 e. The van der Waals surface area contributed by atoms with Gasteiger partial charge in [-0.2, -0.15) is 4.31 Å². The molecule has 188 valence electrons. The Morgan fingerprint density at radius 3 is 2.29 bits per heavy atom. The summed E-state index contributed by atoms with van der Waals surface area (Å²) in [6, 6.07) is 2.75. The molecule has 0 unspecified atom stereocenters. The first-order valence-electron chi connectivity index (χ1n) is 10.2. The van der Waals surface area contributed by atoms with Crippen LogP contribution < -0.4 is 10.1 Å². The van der Waals surface area contributed by atoms with Gasteiger partial charge in [0.1, 0.15) is 11.3 Å². The molecule has 0 aliphatic carbocycles. The van der Waals surface area contributed by atoms with Gasteiger partial charge in [-0.15, -0.1) is 13.2 Å². The number of hydrogen-bond acceptors (Lipinski definition) is 8. The quantitative estimate of drug-likeness (QED) is 0.424. The van der Waals surface area contributed by atoms with E-state index in [4.69, 9.17) is 4.74 Å². The number of fused-ring (bicyclic) bond motifs is 1. The number of hydrogen-bond donors (Lipinski definition) is 1. The number of ether oxygens (including phenoxy) is 2. The Morgan fingerprint density at radius 2 is 1.79 bits per heavy atom. The third-order valence-electron chi connectivity index (χ3n) is 6.31. The lowest BCUT2D eigenvalue weighted by Gasteiger charge is -2.31. The summed E-state index contributed by atoms with van der Waals surface area (Å²) in [5.41, 5.74) is -1.51. The van der Waals surface area contributed by atoms with E-state index < -0.39 is 63.3 Å². The SMILES string of the molecule is CC[C@@]1(C(=O)OC)N[C@H](CN(C)S(=O)(=O)c2ccc(OC(F)(F)F)cc2)[C@@H]2C(=O)N(C)C(=O)[C@@H]21. The summed E-state index contributed by atoms with van der Waals surface area (Å²) >= 11 is 0. The number of alkyl halides is 3. The zero-order valence-corrected chi connectivity index (χ0v) is 19.6. The molecule has 0 spiro atoms. The van der Waals surface area contributed by atoms with Crippen LogP contribution in [0.2, 0.25) is 0 Å². The molecule has 0 radical (unpaired) electrons. The maximum Gasteiger partial charge on any atom is 0.573 e. The van der Waals surface area contributed by atoms with Crippen molar-refractivity contribution in [2.75, 3.05) is 27.7 Å². The van der Waals surface area contributed by atoms with E-state index in [1.165, 1.54) is 14.1 Å². The van der Waals surface area contributed by atoms with E-state index in [-0.39, 0.29) is 17.9 Å². The van der Waals surface area contributed by atoms with Gasteiger partial charge in [-0.3, -0.25) is 24.6 Å². The first-order valence-corrected chi connectivity index (χ1v) is 11.6. The maximum atomic E-state index is 13.0. The van der Waals surface area contributed by atoms with E-state index >= 15 is 0 Å². The standard InChI is InChI=1S/C20H24F3N3O7S/c1-5-19(18(29)32-4)15-14(16(27)26(3)17(15)28)13(24-19)10-25(2)34(30,31)12-8-6-11(7-9-12)33-20(21,22)23/h6-9,13-15,24H,5,10H2,1-4H3/t13-,14+,15-,19-/m1/s1. The van der Waals surface area contributed by atoms with Gasteiger partial charge in [0.05, 0.1) is 23.8 Å². The molecular weight excluding hydrogens is 483 g/mol. The molecule has 1 N–H and O–H groups in total. The lowest BCUT2D eigenvalue weighted by Crippen LogP contribution is -2.57. The van der Waals surface area contributed by atoms with Crippen molar-refractivity contribution in [3.8, 4) is 5.75 Å². The van der Waals surface area contributed by atoms with Gasteiger partial charge in [0, 0.05) is 26.7 Å². The summed E-state index contributed by atoms with van der Waals surface area (Å²) < 4.78 is 72.6. The van der Waals surface area contributed by atoms with E-state index in [0.717, 1.165) is 40.6 Å². The molecular formula is C20H24F3N3O7S. The maximum absolute atomic E-state index is 13.0. The molecule has 2 heterocycles. The molecule has 14 heteroatoms. The van der Waals surface area contributed by atoms with Crippen molar-refractivity contribution in [1.29, 1.82) is 0 Å². The van der Waals surface area contributed by atoms with Crippen LogP contribution in [-0.4, -0.2) is 81.1 Å². The van der Waals surface area contributed by atoms with Crippen LogP contribution in [0.15, 0.2) is 29.2 Å². The van der Waals surface area contributed by atoms with Crippen molar-refractivity contribution in [3.05, 3.63) is 24.3 Å². The minimum atomic E-state index is -4.92. The molecule has 0 aromatic heterocycles. The number of rotatable bonds is 7. The largest absolute Gasteiger partial charge is 0.573 e. The number of nitrogens with one attached hydrogen (secondary N) is 1. The molecule has 1 aromatic rings. The second-order valence-corrected chi connectivity index (χ2v) is 10.2. The number of amides is 2. The zero-order chi connectivity index (χ0) is 25.6. The Morgan fingerprint density at radius 1 is 1.21 bits per heavy atom. The molecule has 2 aliphatic heterocycles. The Balaban J connectivity index is 1.88. The molecule has 3 rings (SSSR count). The van der Waals surface area contributed by atoms with Crippen molar-refractivity contribution in [2.45, 2.75) is 36.2 Å². The van der Waals surface area contributed by atoms with Crippen molar-refractivity contribution in [1.82, 2.24) is 14.5 Å². The van der Waals surface area contributed by atoms with Crippen LogP contribution in [0.25, 0.3) is 0 Å². The van der Waals surface area contributed by atoms with E-state index in [9.17, 15) is 36.0 Å². The number of imide groups is 1. The Bertz CT molecular complexity index is 1090. The topological polar surface area (TPSA) is 122 Å². The van der Waals surface area contributed by atoms with Gasteiger partial charge in [-0.25, -0.2) is 8.42 Å². The summed E-state index contributed by atoms with van der Waals surface area (Å²) in [5.74, 6) is -4.51. The molecule has 4 atom stereocenters. The molecule has 2 saturated heterocycles. The van der Waals surface area contributed by atoms with Crippen molar-refractivity contribution in [2.24, 2.45) is 11.8 Å². The normalized spacial score (nSPS) is 27.3. The van der Waals surface area contributed by atoms with Crippen molar-refractivity contribution < 1.29 is 45.4 Å². The molecule has 34 heavy (non-hydrogen) atoms. The molecule has 0 saturated carbocycles. The van der Waals surface area contributed by atoms with Crippen molar-refractivity contribution >= 4 is 27.8 Å². The lowest BCUT2D eigenvalue weighted by atomic mass is 9.78. The number of nitrogens with zero attached hydrogens (tertiary/aromatic N) is 2. The van der Waals surface area contributed by atoms with Gasteiger partial charge < -0.3 is 9.47 Å². The van der Waals surface area contributed by atoms with E-state index in [2.05, 4.69) is 10.1 Å². The Kier molecular flexibility index (Phi) is 6.72. The first kappa shape index (κ1) is 25.9. The number of esters is 1. The Hall–Kier alpha value is -2.71. The monoisotopic (exact) mass is 507 g/mol. The first-order chi connectivity index (χ1) is 15.7. The number of carbonyl (C=O) groups excluding carboxylic acids is 3. The molecule has 1 aromatic carbocycles. The van der Waals surface area contributed by atoms with Crippen molar-refractivity contribution in [3.63, 3.8) is 0 Å². The van der Waals surface area contributed by atoms with E-state index in [0.29, 0.717) is 0 Å². The average Bonchev–Trinajstić information content (AvgIpc) is 3.21. The van der Waals surface area contributed by atoms with Crippen LogP contribution in [-0.2, 0) is 29.1 Å². The van der Waals surface area contributed by atoms with Crippen LogP contribution in [0.4, 0.5) is 13.2 Å². The number of sulfonamides is 1. The third-order valence-corrected chi connectivity index (χ3v) is 8.14. The lowest BCUT2D eigenvalue weighted by molar-refractivity contribution is -0.274. The highest BCUT2D eigenvalue weighted by molar-refractivity contribution is 7.89. The van der Waals surface area contributed by atoms with Gasteiger partial charge in [0.15, 0.2) is 0 Å². The fourth-order valence-electron chi connectivity index (χ4n) is 4.63. The van der Waals surface area contributed by atoms with E-state index in [1.807, 2.05) is 0 Å². The second-order valence-electron chi connectivity index (χ2n) is 8.11. The molecule has 2 fully saturated rings.